The molecule has 3 aromatic carbocycles. The Bertz CT molecular complexity index is 1320. The van der Waals surface area contributed by atoms with Gasteiger partial charge in [0.1, 0.15) is 0 Å². The van der Waals surface area contributed by atoms with Crippen LogP contribution in [-0.2, 0) is 25.7 Å². The second-order valence-corrected chi connectivity index (χ2v) is 12.8. The Balaban J connectivity index is 1.56. The number of alkyl halides is 3. The van der Waals surface area contributed by atoms with Gasteiger partial charge in [-0.05, 0) is 47.5 Å². The highest BCUT2D eigenvalue weighted by Crippen LogP contribution is 2.43. The highest BCUT2D eigenvalue weighted by atomic mass is 35.6. The van der Waals surface area contributed by atoms with Crippen molar-refractivity contribution in [1.82, 2.24) is 0 Å². The Labute approximate surface area is 252 Å². The maximum absolute atomic E-state index is 12.2. The van der Waals surface area contributed by atoms with E-state index in [9.17, 15) is 14.7 Å². The summed E-state index contributed by atoms with van der Waals surface area (Å²) >= 11 is 18.8. The third kappa shape index (κ3) is 8.13. The molecule has 7 nitrogen and oxygen atoms in total. The number of ether oxygens (including phenoxy) is 2. The predicted molar refractivity (Wildman–Crippen MR) is 160 cm³/mol. The second-order valence-electron chi connectivity index (χ2n) is 9.42. The van der Waals surface area contributed by atoms with Crippen LogP contribution >= 0.6 is 46.6 Å². The monoisotopic (exact) mass is 622 g/mol. The molecule has 0 aliphatic carbocycles. The summed E-state index contributed by atoms with van der Waals surface area (Å²) in [6.07, 6.45) is -1.21. The van der Waals surface area contributed by atoms with Crippen molar-refractivity contribution in [2.45, 2.75) is 47.6 Å². The van der Waals surface area contributed by atoms with Crippen molar-refractivity contribution in [1.29, 1.82) is 0 Å². The number of amides is 2. The molecular formula is C29H29Cl3N2O5S. The molecule has 1 heterocycles. The molecule has 212 valence electrons. The summed E-state index contributed by atoms with van der Waals surface area (Å²) in [7, 11) is 0. The number of benzene rings is 3. The van der Waals surface area contributed by atoms with E-state index in [1.54, 1.807) is 30.0 Å². The van der Waals surface area contributed by atoms with E-state index in [0.717, 1.165) is 21.7 Å². The average molecular weight is 624 g/mol. The zero-order valence-corrected chi connectivity index (χ0v) is 24.9. The number of hydrogen-bond donors (Lipinski definition) is 3. The summed E-state index contributed by atoms with van der Waals surface area (Å²) < 4.78 is 10.9. The van der Waals surface area contributed by atoms with Crippen LogP contribution in [0.25, 0.3) is 0 Å². The first-order valence-electron chi connectivity index (χ1n) is 12.5. The van der Waals surface area contributed by atoms with Crippen LogP contribution in [0.3, 0.4) is 0 Å². The minimum absolute atomic E-state index is 0.00498. The molecule has 40 heavy (non-hydrogen) atoms. The molecule has 1 fully saturated rings. The SMILES string of the molecule is CC(=O)Nc1ccc(SC[C@H]2O[C@@H](c3cccc(NC(=O)C(Cl)(Cl)Cl)c3)O[C@@H](c3ccc(CO)cc3)[C@H]2C)cc1. The number of nitrogens with one attached hydrogen (secondary N) is 2. The molecule has 0 unspecified atom stereocenters. The summed E-state index contributed by atoms with van der Waals surface area (Å²) in [6.45, 7) is 3.52. The lowest BCUT2D eigenvalue weighted by Gasteiger charge is -2.41. The third-order valence-corrected chi connectivity index (χ3v) is 8.00. The smallest absolute Gasteiger partial charge is 0.276 e. The molecule has 11 heteroatoms. The van der Waals surface area contributed by atoms with Crippen molar-refractivity contribution < 1.29 is 24.2 Å². The van der Waals surface area contributed by atoms with E-state index < -0.39 is 16.0 Å². The number of aliphatic hydroxyl groups excluding tert-OH is 1. The van der Waals surface area contributed by atoms with Crippen LogP contribution in [-0.4, -0.2) is 32.6 Å². The Hall–Kier alpha value is -2.30. The number of anilines is 2. The highest BCUT2D eigenvalue weighted by Gasteiger charge is 2.38. The summed E-state index contributed by atoms with van der Waals surface area (Å²) in [5.41, 5.74) is 3.65. The number of thioether (sulfide) groups is 1. The van der Waals surface area contributed by atoms with Gasteiger partial charge in [0, 0.05) is 40.4 Å². The van der Waals surface area contributed by atoms with Crippen LogP contribution in [0.4, 0.5) is 11.4 Å². The van der Waals surface area contributed by atoms with Crippen molar-refractivity contribution in [3.8, 4) is 0 Å². The summed E-state index contributed by atoms with van der Waals surface area (Å²) in [6, 6.07) is 22.3. The number of hydrogen-bond acceptors (Lipinski definition) is 6. The molecule has 4 atom stereocenters. The molecule has 0 saturated carbocycles. The Morgan fingerprint density at radius 3 is 2.25 bits per heavy atom. The summed E-state index contributed by atoms with van der Waals surface area (Å²) in [5.74, 6) is -0.246. The predicted octanol–water partition coefficient (Wildman–Crippen LogP) is 7.03. The van der Waals surface area contributed by atoms with Gasteiger partial charge in [0.25, 0.3) is 9.70 Å². The molecule has 0 aromatic heterocycles. The number of carbonyl (C=O) groups is 2. The lowest BCUT2D eigenvalue weighted by atomic mass is 9.91. The van der Waals surface area contributed by atoms with Crippen molar-refractivity contribution in [3.63, 3.8) is 0 Å². The molecule has 1 saturated heterocycles. The maximum atomic E-state index is 12.2. The maximum Gasteiger partial charge on any atom is 0.276 e. The van der Waals surface area contributed by atoms with Crippen molar-refractivity contribution in [2.24, 2.45) is 5.92 Å². The molecule has 3 N–H and O–H groups in total. The molecule has 2 amide bonds. The zero-order chi connectivity index (χ0) is 28.9. The van der Waals surface area contributed by atoms with Gasteiger partial charge in [-0.1, -0.05) is 78.1 Å². The van der Waals surface area contributed by atoms with Gasteiger partial charge in [-0.25, -0.2) is 0 Å². The molecule has 0 spiro atoms. The van der Waals surface area contributed by atoms with E-state index in [1.807, 2.05) is 54.6 Å². The molecule has 4 rings (SSSR count). The van der Waals surface area contributed by atoms with E-state index in [1.165, 1.54) is 6.92 Å². The van der Waals surface area contributed by atoms with E-state index >= 15 is 0 Å². The van der Waals surface area contributed by atoms with Crippen LogP contribution in [0.15, 0.2) is 77.7 Å². The molecule has 3 aromatic rings. The van der Waals surface area contributed by atoms with Gasteiger partial charge in [-0.3, -0.25) is 9.59 Å². The van der Waals surface area contributed by atoms with Crippen LogP contribution in [0, 0.1) is 5.92 Å². The average Bonchev–Trinajstić information content (AvgIpc) is 2.92. The van der Waals surface area contributed by atoms with Crippen molar-refractivity contribution in [2.75, 3.05) is 16.4 Å². The topological polar surface area (TPSA) is 96.9 Å². The van der Waals surface area contributed by atoms with Gasteiger partial charge < -0.3 is 25.2 Å². The Morgan fingerprint density at radius 2 is 1.62 bits per heavy atom. The van der Waals surface area contributed by atoms with Crippen LogP contribution in [0.5, 0.6) is 0 Å². The number of aliphatic hydroxyl groups is 1. The van der Waals surface area contributed by atoms with E-state index in [4.69, 9.17) is 44.3 Å². The van der Waals surface area contributed by atoms with Gasteiger partial charge >= 0.3 is 0 Å². The fourth-order valence-corrected chi connectivity index (χ4v) is 5.50. The third-order valence-electron chi connectivity index (χ3n) is 6.39. The second kappa shape index (κ2) is 13.6. The van der Waals surface area contributed by atoms with Gasteiger partial charge in [0.05, 0.1) is 18.8 Å². The fraction of sp³-hybridized carbons (Fsp3) is 0.310. The van der Waals surface area contributed by atoms with Crippen molar-refractivity contribution >= 4 is 69.8 Å². The molecule has 1 aliphatic heterocycles. The first kappa shape index (κ1) is 30.7. The summed E-state index contributed by atoms with van der Waals surface area (Å²) in [5, 5.41) is 14.8. The number of carbonyl (C=O) groups excluding carboxylic acids is 2. The lowest BCUT2D eigenvalue weighted by molar-refractivity contribution is -0.268. The first-order valence-corrected chi connectivity index (χ1v) is 14.6. The Kier molecular flexibility index (Phi) is 10.4. The lowest BCUT2D eigenvalue weighted by Crippen LogP contribution is -2.38. The van der Waals surface area contributed by atoms with Crippen molar-refractivity contribution in [3.05, 3.63) is 89.5 Å². The van der Waals surface area contributed by atoms with E-state index in [-0.39, 0.29) is 30.6 Å². The van der Waals surface area contributed by atoms with Gasteiger partial charge in [-0.15, -0.1) is 11.8 Å². The molecule has 0 bridgehead atoms. The van der Waals surface area contributed by atoms with Crippen LogP contribution < -0.4 is 10.6 Å². The van der Waals surface area contributed by atoms with Gasteiger partial charge in [0.2, 0.25) is 5.91 Å². The fourth-order valence-electron chi connectivity index (χ4n) is 4.29. The van der Waals surface area contributed by atoms with Crippen LogP contribution in [0.2, 0.25) is 0 Å². The van der Waals surface area contributed by atoms with E-state index in [0.29, 0.717) is 17.0 Å². The normalized spacial score (nSPS) is 21.1. The van der Waals surface area contributed by atoms with Crippen LogP contribution in [0.1, 0.15) is 42.9 Å². The Morgan fingerprint density at radius 1 is 0.925 bits per heavy atom. The standard InChI is InChI=1S/C29H29Cl3N2O5S/c1-17-25(16-40-24-12-10-22(11-13-24)33-18(2)36)38-27(39-26(17)20-8-6-19(15-35)7-9-20)21-4-3-5-23(14-21)34-28(37)29(30,31)32/h3-14,17,25-27,35H,15-16H2,1-2H3,(H,33,36)(H,34,37)/t17-,25+,26+,27+/m0/s1. The largest absolute Gasteiger partial charge is 0.392 e. The molecule has 0 radical (unpaired) electrons. The highest BCUT2D eigenvalue weighted by molar-refractivity contribution is 7.99. The van der Waals surface area contributed by atoms with Gasteiger partial charge in [0.15, 0.2) is 6.29 Å². The minimum Gasteiger partial charge on any atom is -0.392 e. The van der Waals surface area contributed by atoms with Gasteiger partial charge in [-0.2, -0.15) is 0 Å². The molecular weight excluding hydrogens is 595 g/mol. The zero-order valence-electron chi connectivity index (χ0n) is 21.8. The minimum atomic E-state index is -2.10. The first-order chi connectivity index (χ1) is 19.0. The number of halogens is 3. The molecule has 1 aliphatic rings. The summed E-state index contributed by atoms with van der Waals surface area (Å²) in [4.78, 5) is 24.5. The number of rotatable bonds is 8. The van der Waals surface area contributed by atoms with E-state index in [2.05, 4.69) is 17.6 Å². The quantitative estimate of drug-likeness (QED) is 0.184.